The van der Waals surface area contributed by atoms with E-state index in [4.69, 9.17) is 21.9 Å². The molecule has 0 aliphatic heterocycles. The van der Waals surface area contributed by atoms with Gasteiger partial charge >= 0.3 is 29.6 Å². The van der Waals surface area contributed by atoms with Crippen molar-refractivity contribution in [3.05, 3.63) is 0 Å². The molecular weight excluding hydrogens is 227 g/mol. The van der Waals surface area contributed by atoms with Gasteiger partial charge in [-0.05, 0) is 0 Å². The second kappa shape index (κ2) is 10.3. The van der Waals surface area contributed by atoms with Crippen molar-refractivity contribution < 1.29 is 72.3 Å². The van der Waals surface area contributed by atoms with Crippen molar-refractivity contribution in [1.29, 1.82) is 1.43 Å². The van der Waals surface area contributed by atoms with E-state index in [1.165, 1.54) is 0 Å². The van der Waals surface area contributed by atoms with Crippen LogP contribution in [0.3, 0.4) is 0 Å². The first-order valence-electron chi connectivity index (χ1n) is 3.71. The summed E-state index contributed by atoms with van der Waals surface area (Å²) in [5.41, 5.74) is 0. The number of carbonyl (C=O) groups is 1. The van der Waals surface area contributed by atoms with Gasteiger partial charge < -0.3 is 37.9 Å². The monoisotopic (exact) mass is 239 g/mol. The van der Waals surface area contributed by atoms with Crippen LogP contribution in [0, 0.1) is 0 Å². The van der Waals surface area contributed by atoms with Gasteiger partial charge in [0.15, 0.2) is 5.78 Å². The Morgan fingerprint density at radius 1 is 1.36 bits per heavy atom. The summed E-state index contributed by atoms with van der Waals surface area (Å²) in [4.78, 5) is 10.8. The predicted octanol–water partition coefficient (Wildman–Crippen LogP) is -9.37. The standard InChI is InChI=1S/C6H12O6.ClH.Na/c7-1-3(9)5(11)6(12)4(10)2-8;;/h3,5-9,11-12H,1-2H2;1H;/q;;+1/p-1/t3-,5-,6-;;/m1../s1/i8D;;. The number of Topliss-reactive ketones (excluding diaryl/α,β-unsaturated/α-hetero) is 1. The molecule has 0 heterocycles. The van der Waals surface area contributed by atoms with Crippen molar-refractivity contribution >= 4 is 5.78 Å². The zero-order valence-electron chi connectivity index (χ0n) is 8.63. The molecule has 14 heavy (non-hydrogen) atoms. The zero-order valence-corrected chi connectivity index (χ0v) is 10.4. The van der Waals surface area contributed by atoms with E-state index >= 15 is 0 Å². The Kier molecular flexibility index (Phi) is 12.6. The summed E-state index contributed by atoms with van der Waals surface area (Å²) in [5.74, 6) is -0.935. The fourth-order valence-corrected chi connectivity index (χ4v) is 0.594. The molecule has 0 aliphatic rings. The van der Waals surface area contributed by atoms with Crippen LogP contribution in [-0.4, -0.2) is 64.3 Å². The average Bonchev–Trinajstić information content (AvgIpc) is 2.14. The third kappa shape index (κ3) is 6.28. The summed E-state index contributed by atoms with van der Waals surface area (Å²) in [6, 6.07) is 0. The van der Waals surface area contributed by atoms with Crippen molar-refractivity contribution in [3.8, 4) is 0 Å². The number of rotatable bonds is 6. The van der Waals surface area contributed by atoms with Gasteiger partial charge in [-0.3, -0.25) is 4.79 Å². The Morgan fingerprint density at radius 2 is 1.86 bits per heavy atom. The molecule has 3 atom stereocenters. The number of ketones is 1. The molecule has 0 aromatic heterocycles. The Balaban J connectivity index is -0.000000720. The second-order valence-electron chi connectivity index (χ2n) is 2.30. The summed E-state index contributed by atoms with van der Waals surface area (Å²) in [6.45, 7) is -1.45. The van der Waals surface area contributed by atoms with E-state index in [0.717, 1.165) is 0 Å². The van der Waals surface area contributed by atoms with Crippen LogP contribution in [0.25, 0.3) is 0 Å². The molecule has 0 saturated carbocycles. The first-order valence-corrected chi connectivity index (χ1v) is 3.30. The third-order valence-electron chi connectivity index (χ3n) is 1.38. The van der Waals surface area contributed by atoms with Crippen molar-refractivity contribution in [2.24, 2.45) is 0 Å². The average molecular weight is 240 g/mol. The predicted molar refractivity (Wildman–Crippen MR) is 37.2 cm³/mol. The first kappa shape index (κ1) is 17.2. The van der Waals surface area contributed by atoms with Gasteiger partial charge in [0.25, 0.3) is 0 Å². The molecule has 0 aromatic rings. The number of carbonyl (C=O) groups excluding carboxylic acids is 1. The van der Waals surface area contributed by atoms with Gasteiger partial charge in [-0.2, -0.15) is 0 Å². The fraction of sp³-hybridized carbons (Fsp3) is 0.833. The largest absolute Gasteiger partial charge is 1.00 e. The van der Waals surface area contributed by atoms with Crippen molar-refractivity contribution in [1.82, 2.24) is 0 Å². The summed E-state index contributed by atoms with van der Waals surface area (Å²) in [7, 11) is 0. The fourth-order valence-electron chi connectivity index (χ4n) is 0.594. The van der Waals surface area contributed by atoms with E-state index in [1.54, 1.807) is 0 Å². The molecule has 0 rings (SSSR count). The number of hydrogen-bond acceptors (Lipinski definition) is 6. The van der Waals surface area contributed by atoms with Crippen LogP contribution < -0.4 is 42.0 Å². The van der Waals surface area contributed by atoms with Crippen molar-refractivity contribution in [3.63, 3.8) is 0 Å². The second-order valence-corrected chi connectivity index (χ2v) is 2.30. The number of hydrogen-bond donors (Lipinski definition) is 5. The Morgan fingerprint density at radius 3 is 2.21 bits per heavy atom. The molecule has 5 N–H and O–H groups in total. The molecule has 0 fully saturated rings. The SMILES string of the molecule is [2H]OCC(=O)[C@@H](O)[C@H](O)[C@H](O)CO.[Cl-].[Na+]. The Bertz CT molecular complexity index is 174. The van der Waals surface area contributed by atoms with Crippen LogP contribution >= 0.6 is 0 Å². The Hall–Kier alpha value is 0.760. The molecule has 0 aromatic carbocycles. The molecule has 80 valence electrons. The van der Waals surface area contributed by atoms with E-state index in [2.05, 4.69) is 5.11 Å². The molecule has 0 bridgehead atoms. The minimum atomic E-state index is -1.85. The molecule has 0 aliphatic carbocycles. The zero-order chi connectivity index (χ0) is 10.4. The van der Waals surface area contributed by atoms with Gasteiger partial charge in [-0.15, -0.1) is 0 Å². The minimum absolute atomic E-state index is 0. The van der Waals surface area contributed by atoms with E-state index in [0.29, 0.717) is 0 Å². The topological polar surface area (TPSA) is 118 Å². The summed E-state index contributed by atoms with van der Waals surface area (Å²) < 4.78 is 6.19. The van der Waals surface area contributed by atoms with Crippen LogP contribution in [-0.2, 0) is 4.79 Å². The number of aliphatic hydroxyl groups excluding tert-OH is 5. The number of aliphatic hydroxyl groups is 5. The van der Waals surface area contributed by atoms with Gasteiger partial charge in [0.05, 0.1) is 6.61 Å². The van der Waals surface area contributed by atoms with Crippen LogP contribution in [0.1, 0.15) is 0 Å². The molecule has 0 radical (unpaired) electrons. The van der Waals surface area contributed by atoms with Crippen LogP contribution in [0.2, 0.25) is 0 Å². The molecular formula is C6H12ClNaO6. The van der Waals surface area contributed by atoms with E-state index in [9.17, 15) is 4.79 Å². The molecule has 0 unspecified atom stereocenters. The minimum Gasteiger partial charge on any atom is -1.00 e. The smallest absolute Gasteiger partial charge is 1.00 e. The molecule has 8 heteroatoms. The van der Waals surface area contributed by atoms with E-state index in [-0.39, 0.29) is 42.0 Å². The summed E-state index contributed by atoms with van der Waals surface area (Å²) in [6.07, 6.45) is -5.22. The molecule has 0 amide bonds. The van der Waals surface area contributed by atoms with Crippen LogP contribution in [0.15, 0.2) is 0 Å². The van der Waals surface area contributed by atoms with Crippen molar-refractivity contribution in [2.45, 2.75) is 18.3 Å². The third-order valence-corrected chi connectivity index (χ3v) is 1.38. The first-order chi connectivity index (χ1) is 6.04. The van der Waals surface area contributed by atoms with E-state index < -0.39 is 37.3 Å². The van der Waals surface area contributed by atoms with Crippen LogP contribution in [0.5, 0.6) is 0 Å². The van der Waals surface area contributed by atoms with Crippen molar-refractivity contribution in [2.75, 3.05) is 13.2 Å². The van der Waals surface area contributed by atoms with Gasteiger partial charge in [-0.1, -0.05) is 0 Å². The summed E-state index contributed by atoms with van der Waals surface area (Å²) in [5, 5.41) is 38.8. The maximum Gasteiger partial charge on any atom is 1.00 e. The van der Waals surface area contributed by atoms with Gasteiger partial charge in [0.2, 0.25) is 1.43 Å². The van der Waals surface area contributed by atoms with Crippen LogP contribution in [0.4, 0.5) is 0 Å². The van der Waals surface area contributed by atoms with Gasteiger partial charge in [-0.25, -0.2) is 0 Å². The molecule has 0 saturated heterocycles. The maximum absolute atomic E-state index is 10.8. The maximum atomic E-state index is 10.8. The quantitative estimate of drug-likeness (QED) is 0.294. The van der Waals surface area contributed by atoms with Gasteiger partial charge in [0, 0.05) is 0 Å². The molecule has 6 nitrogen and oxygen atoms in total. The molecule has 0 spiro atoms. The number of halogens is 1. The van der Waals surface area contributed by atoms with Gasteiger partial charge in [0.1, 0.15) is 24.9 Å². The normalized spacial score (nSPS) is 16.7. The van der Waals surface area contributed by atoms with E-state index in [1.807, 2.05) is 0 Å². The Labute approximate surface area is 111 Å². The summed E-state index contributed by atoms with van der Waals surface area (Å²) >= 11 is 0.